The van der Waals surface area contributed by atoms with Crippen molar-refractivity contribution in [1.29, 1.82) is 0 Å². The summed E-state index contributed by atoms with van der Waals surface area (Å²) in [6, 6.07) is 20.0. The molecule has 146 valence electrons. The average molecular weight is 384 g/mol. The molecule has 1 amide bonds. The maximum absolute atomic E-state index is 12.5. The van der Waals surface area contributed by atoms with Crippen LogP contribution in [0.2, 0.25) is 0 Å². The lowest BCUT2D eigenvalue weighted by Gasteiger charge is -2.09. The summed E-state index contributed by atoms with van der Waals surface area (Å²) in [5.41, 5.74) is 6.00. The van der Waals surface area contributed by atoms with Gasteiger partial charge in [-0.05, 0) is 48.2 Å². The molecule has 0 radical (unpaired) electrons. The maximum atomic E-state index is 12.5. The highest BCUT2D eigenvalue weighted by Gasteiger charge is 2.09. The van der Waals surface area contributed by atoms with Crippen molar-refractivity contribution in [3.8, 4) is 0 Å². The quantitative estimate of drug-likeness (QED) is 0.441. The van der Waals surface area contributed by atoms with Crippen LogP contribution in [0.1, 0.15) is 27.2 Å². The number of nitrogens with zero attached hydrogens (tertiary/aromatic N) is 1. The minimum atomic E-state index is -0.173. The summed E-state index contributed by atoms with van der Waals surface area (Å²) in [6.07, 6.45) is 4.61. The van der Waals surface area contributed by atoms with Crippen molar-refractivity contribution >= 4 is 22.5 Å². The number of aromatic amines is 1. The lowest BCUT2D eigenvalue weighted by molar-refractivity contribution is 0.0946. The normalized spacial score (nSPS) is 10.8. The van der Waals surface area contributed by atoms with Crippen LogP contribution in [0.25, 0.3) is 10.9 Å². The number of H-pyrrole nitrogens is 1. The Balaban J connectivity index is 1.34. The zero-order valence-corrected chi connectivity index (χ0v) is 16.4. The van der Waals surface area contributed by atoms with Gasteiger partial charge in [0.15, 0.2) is 0 Å². The van der Waals surface area contributed by atoms with Crippen molar-refractivity contribution in [1.82, 2.24) is 15.3 Å². The number of benzene rings is 2. The molecule has 0 aliphatic carbocycles. The molecule has 4 aromatic rings. The molecule has 0 aliphatic heterocycles. The van der Waals surface area contributed by atoms with Gasteiger partial charge in [0.2, 0.25) is 0 Å². The fraction of sp³-hybridized carbons (Fsp3) is 0.167. The molecule has 2 heterocycles. The first kappa shape index (κ1) is 18.7. The molecule has 2 aromatic heterocycles. The van der Waals surface area contributed by atoms with E-state index in [1.54, 1.807) is 12.3 Å². The van der Waals surface area contributed by atoms with E-state index in [4.69, 9.17) is 0 Å². The van der Waals surface area contributed by atoms with Crippen molar-refractivity contribution in [2.75, 3.05) is 11.9 Å². The number of hydrogen-bond acceptors (Lipinski definition) is 3. The van der Waals surface area contributed by atoms with E-state index >= 15 is 0 Å². The summed E-state index contributed by atoms with van der Waals surface area (Å²) >= 11 is 0. The number of pyridine rings is 1. The number of para-hydroxylation sites is 1. The van der Waals surface area contributed by atoms with Gasteiger partial charge < -0.3 is 15.6 Å². The number of aryl methyl sites for hydroxylation is 1. The molecular weight excluding hydrogens is 360 g/mol. The number of carbonyl (C=O) groups excluding carboxylic acids is 1. The lowest BCUT2D eigenvalue weighted by Crippen LogP contribution is -2.24. The number of rotatable bonds is 7. The Hall–Kier alpha value is -3.60. The molecular formula is C24H24N4O. The Morgan fingerprint density at radius 2 is 1.86 bits per heavy atom. The van der Waals surface area contributed by atoms with E-state index in [2.05, 4.69) is 45.0 Å². The van der Waals surface area contributed by atoms with E-state index in [1.807, 2.05) is 43.3 Å². The SMILES string of the molecule is Cc1ccccc1CNC(=O)c1cc(NCCc2c[nH]c3ccccc23)ccn1. The molecule has 5 heteroatoms. The standard InChI is InChI=1S/C24H24N4O/c1-17-6-2-3-7-18(17)15-28-24(29)23-14-20(11-13-26-23)25-12-10-19-16-27-22-9-5-4-8-21(19)22/h2-9,11,13-14,16,27H,10,12,15H2,1H3,(H,25,26)(H,28,29). The van der Waals surface area contributed by atoms with E-state index < -0.39 is 0 Å². The highest BCUT2D eigenvalue weighted by molar-refractivity contribution is 5.93. The largest absolute Gasteiger partial charge is 0.385 e. The van der Waals surface area contributed by atoms with Crippen molar-refractivity contribution in [2.45, 2.75) is 19.9 Å². The van der Waals surface area contributed by atoms with Crippen LogP contribution in [0.3, 0.4) is 0 Å². The minimum Gasteiger partial charge on any atom is -0.385 e. The van der Waals surface area contributed by atoms with Gasteiger partial charge in [-0.15, -0.1) is 0 Å². The van der Waals surface area contributed by atoms with Gasteiger partial charge >= 0.3 is 0 Å². The van der Waals surface area contributed by atoms with Crippen molar-refractivity contribution in [3.05, 3.63) is 95.4 Å². The maximum Gasteiger partial charge on any atom is 0.270 e. The summed E-state index contributed by atoms with van der Waals surface area (Å²) in [5.74, 6) is -0.173. The van der Waals surface area contributed by atoms with Crippen LogP contribution >= 0.6 is 0 Å². The number of anilines is 1. The van der Waals surface area contributed by atoms with Gasteiger partial charge in [-0.2, -0.15) is 0 Å². The van der Waals surface area contributed by atoms with Gasteiger partial charge in [-0.1, -0.05) is 42.5 Å². The zero-order valence-electron chi connectivity index (χ0n) is 16.4. The topological polar surface area (TPSA) is 69.8 Å². The van der Waals surface area contributed by atoms with Crippen LogP contribution in [0, 0.1) is 6.92 Å². The molecule has 29 heavy (non-hydrogen) atoms. The predicted molar refractivity (Wildman–Crippen MR) is 117 cm³/mol. The number of amides is 1. The van der Waals surface area contributed by atoms with E-state index in [-0.39, 0.29) is 5.91 Å². The van der Waals surface area contributed by atoms with Crippen molar-refractivity contribution in [3.63, 3.8) is 0 Å². The monoisotopic (exact) mass is 384 g/mol. The minimum absolute atomic E-state index is 0.173. The summed E-state index contributed by atoms with van der Waals surface area (Å²) in [7, 11) is 0. The molecule has 2 aromatic carbocycles. The Morgan fingerprint density at radius 1 is 1.03 bits per heavy atom. The van der Waals surface area contributed by atoms with Crippen LogP contribution in [-0.4, -0.2) is 22.4 Å². The highest BCUT2D eigenvalue weighted by Crippen LogP contribution is 2.18. The predicted octanol–water partition coefficient (Wildman–Crippen LogP) is 4.46. The lowest BCUT2D eigenvalue weighted by atomic mass is 10.1. The van der Waals surface area contributed by atoms with E-state index in [1.165, 1.54) is 10.9 Å². The molecule has 0 spiro atoms. The second-order valence-electron chi connectivity index (χ2n) is 7.08. The van der Waals surface area contributed by atoms with Crippen LogP contribution in [0.15, 0.2) is 73.1 Å². The molecule has 0 saturated heterocycles. The van der Waals surface area contributed by atoms with Gasteiger partial charge in [0, 0.05) is 42.1 Å². The summed E-state index contributed by atoms with van der Waals surface area (Å²) in [4.78, 5) is 20.0. The first-order chi connectivity index (χ1) is 14.2. The van der Waals surface area contributed by atoms with Crippen molar-refractivity contribution in [2.24, 2.45) is 0 Å². The van der Waals surface area contributed by atoms with Gasteiger partial charge in [0.25, 0.3) is 5.91 Å². The Morgan fingerprint density at radius 3 is 2.76 bits per heavy atom. The average Bonchev–Trinajstić information content (AvgIpc) is 3.16. The number of hydrogen-bond donors (Lipinski definition) is 3. The number of nitrogens with one attached hydrogen (secondary N) is 3. The molecule has 0 unspecified atom stereocenters. The van der Waals surface area contributed by atoms with E-state index in [0.29, 0.717) is 12.2 Å². The van der Waals surface area contributed by atoms with Crippen LogP contribution in [-0.2, 0) is 13.0 Å². The molecule has 0 atom stereocenters. The number of fused-ring (bicyclic) bond motifs is 1. The van der Waals surface area contributed by atoms with E-state index in [9.17, 15) is 4.79 Å². The summed E-state index contributed by atoms with van der Waals surface area (Å²) < 4.78 is 0. The second-order valence-corrected chi connectivity index (χ2v) is 7.08. The fourth-order valence-corrected chi connectivity index (χ4v) is 3.42. The van der Waals surface area contributed by atoms with Crippen molar-refractivity contribution < 1.29 is 4.79 Å². The Bertz CT molecular complexity index is 1130. The molecule has 0 saturated carbocycles. The zero-order chi connectivity index (χ0) is 20.1. The molecule has 4 rings (SSSR count). The second kappa shape index (κ2) is 8.61. The first-order valence-electron chi connectivity index (χ1n) is 9.78. The summed E-state index contributed by atoms with van der Waals surface area (Å²) in [5, 5.41) is 7.59. The Kier molecular flexibility index (Phi) is 5.56. The van der Waals surface area contributed by atoms with Gasteiger partial charge in [0.1, 0.15) is 5.69 Å². The third-order valence-corrected chi connectivity index (χ3v) is 5.09. The van der Waals surface area contributed by atoms with E-state index in [0.717, 1.165) is 35.3 Å². The van der Waals surface area contributed by atoms with Gasteiger partial charge in [-0.25, -0.2) is 0 Å². The molecule has 0 bridgehead atoms. The fourth-order valence-electron chi connectivity index (χ4n) is 3.42. The summed E-state index contributed by atoms with van der Waals surface area (Å²) in [6.45, 7) is 3.31. The van der Waals surface area contributed by atoms with Crippen LogP contribution < -0.4 is 10.6 Å². The van der Waals surface area contributed by atoms with Gasteiger partial charge in [-0.3, -0.25) is 9.78 Å². The molecule has 0 fully saturated rings. The van der Waals surface area contributed by atoms with Crippen LogP contribution in [0.4, 0.5) is 5.69 Å². The molecule has 3 N–H and O–H groups in total. The van der Waals surface area contributed by atoms with Gasteiger partial charge in [0.05, 0.1) is 0 Å². The van der Waals surface area contributed by atoms with Crippen LogP contribution in [0.5, 0.6) is 0 Å². The number of carbonyl (C=O) groups is 1. The molecule has 0 aliphatic rings. The third-order valence-electron chi connectivity index (χ3n) is 5.09. The number of aromatic nitrogens is 2. The molecule has 5 nitrogen and oxygen atoms in total. The highest BCUT2D eigenvalue weighted by atomic mass is 16.1. The third kappa shape index (κ3) is 4.46. The smallest absolute Gasteiger partial charge is 0.270 e. The Labute approximate surface area is 170 Å². The first-order valence-corrected chi connectivity index (χ1v) is 9.78.